The van der Waals surface area contributed by atoms with Crippen LogP contribution in [0.3, 0.4) is 0 Å². The fourth-order valence-electron chi connectivity index (χ4n) is 5.50. The number of thiazole rings is 1. The number of benzene rings is 2. The molecule has 1 amide bonds. The molecule has 47 heavy (non-hydrogen) atoms. The van der Waals surface area contributed by atoms with Crippen LogP contribution in [0, 0.1) is 6.92 Å². The Morgan fingerprint density at radius 3 is 2.51 bits per heavy atom. The number of nitrogens with zero attached hydrogens (tertiary/aromatic N) is 4. The van der Waals surface area contributed by atoms with Gasteiger partial charge in [-0.2, -0.15) is 4.98 Å². The summed E-state index contributed by atoms with van der Waals surface area (Å²) < 4.78 is 1.26. The van der Waals surface area contributed by atoms with Crippen molar-refractivity contribution in [2.24, 2.45) is 0 Å². The molecule has 0 bridgehead atoms. The number of aliphatic carboxylic acids is 1. The van der Waals surface area contributed by atoms with Crippen LogP contribution in [-0.4, -0.2) is 48.0 Å². The third-order valence-corrected chi connectivity index (χ3v) is 8.60. The number of hydrogen-bond donors (Lipinski definition) is 4. The maximum atomic E-state index is 13.5. The zero-order chi connectivity index (χ0) is 33.2. The molecule has 0 spiro atoms. The maximum absolute atomic E-state index is 13.5. The molecule has 0 saturated carbocycles. The molecule has 4 N–H and O–H groups in total. The van der Waals surface area contributed by atoms with Crippen molar-refractivity contribution in [1.82, 2.24) is 24.5 Å². The second kappa shape index (κ2) is 13.0. The van der Waals surface area contributed by atoms with Crippen LogP contribution in [0.15, 0.2) is 69.8 Å². The van der Waals surface area contributed by atoms with Gasteiger partial charge in [0.1, 0.15) is 5.82 Å². The monoisotopic (exact) mass is 649 g/mol. The summed E-state index contributed by atoms with van der Waals surface area (Å²) in [5, 5.41) is 16.2. The highest BCUT2D eigenvalue weighted by molar-refractivity contribution is 7.13. The Kier molecular flexibility index (Phi) is 8.63. The number of carboxylic acid groups (broad SMARTS) is 1. The van der Waals surface area contributed by atoms with E-state index in [1.165, 1.54) is 28.6 Å². The Labute approximate surface area is 272 Å². The molecule has 1 unspecified atom stereocenters. The third-order valence-electron chi connectivity index (χ3n) is 7.79. The lowest BCUT2D eigenvalue weighted by Crippen LogP contribution is -2.33. The molecule has 238 valence electrons. The largest absolute Gasteiger partial charge is 0.481 e. The summed E-state index contributed by atoms with van der Waals surface area (Å²) in [6, 6.07) is 13.9. The lowest BCUT2D eigenvalue weighted by Gasteiger charge is -2.22. The molecular formula is C34H31N7O5S. The van der Waals surface area contributed by atoms with Gasteiger partial charge in [0, 0.05) is 35.3 Å². The molecule has 1 aliphatic carbocycles. The Hall–Kier alpha value is -5.69. The average molecular weight is 650 g/mol. The number of carbonyl (C=O) groups is 2. The predicted octanol–water partition coefficient (Wildman–Crippen LogP) is 4.55. The van der Waals surface area contributed by atoms with Gasteiger partial charge < -0.3 is 15.7 Å². The molecule has 0 fully saturated rings. The quantitative estimate of drug-likeness (QED) is 0.175. The molecule has 0 aliphatic heterocycles. The van der Waals surface area contributed by atoms with E-state index in [1.807, 2.05) is 19.1 Å². The lowest BCUT2D eigenvalue weighted by molar-refractivity contribution is -0.136. The summed E-state index contributed by atoms with van der Waals surface area (Å²) in [7, 11) is 0. The first-order valence-electron chi connectivity index (χ1n) is 14.9. The first-order chi connectivity index (χ1) is 22.5. The minimum Gasteiger partial charge on any atom is -0.481 e. The highest BCUT2D eigenvalue weighted by Crippen LogP contribution is 2.39. The van der Waals surface area contributed by atoms with Gasteiger partial charge in [-0.3, -0.25) is 23.9 Å². The Morgan fingerprint density at radius 2 is 1.77 bits per heavy atom. The maximum Gasteiger partial charge on any atom is 0.334 e. The fraction of sp³-hybridized carbons (Fsp3) is 0.206. The topological polar surface area (TPSA) is 172 Å². The molecule has 6 rings (SSSR count). The van der Waals surface area contributed by atoms with Crippen LogP contribution in [0.2, 0.25) is 0 Å². The van der Waals surface area contributed by atoms with Crippen LogP contribution in [-0.2, 0) is 16.0 Å². The second-order valence-corrected chi connectivity index (χ2v) is 12.4. The number of fused-ring (bicyclic) bond motifs is 2. The number of carbonyl (C=O) groups excluding carboxylic acids is 1. The summed E-state index contributed by atoms with van der Waals surface area (Å²) in [4.78, 5) is 65.3. The average Bonchev–Trinajstić information content (AvgIpc) is 3.39. The van der Waals surface area contributed by atoms with Gasteiger partial charge in [0.05, 0.1) is 18.7 Å². The van der Waals surface area contributed by atoms with Crippen LogP contribution in [0.25, 0.3) is 18.0 Å². The lowest BCUT2D eigenvalue weighted by atomic mass is 9.82. The van der Waals surface area contributed by atoms with Crippen LogP contribution in [0.4, 0.5) is 11.1 Å². The van der Waals surface area contributed by atoms with E-state index in [0.29, 0.717) is 17.2 Å². The summed E-state index contributed by atoms with van der Waals surface area (Å²) in [6.07, 6.45) is 6.86. The van der Waals surface area contributed by atoms with Crippen molar-refractivity contribution >= 4 is 46.4 Å². The van der Waals surface area contributed by atoms with Crippen LogP contribution < -0.4 is 21.9 Å². The van der Waals surface area contributed by atoms with Gasteiger partial charge in [-0.15, -0.1) is 11.3 Å². The van der Waals surface area contributed by atoms with Crippen molar-refractivity contribution in [1.29, 1.82) is 0 Å². The molecule has 3 aromatic heterocycles. The minimum absolute atomic E-state index is 0.0778. The van der Waals surface area contributed by atoms with Gasteiger partial charge in [-0.25, -0.2) is 14.8 Å². The van der Waals surface area contributed by atoms with E-state index in [2.05, 4.69) is 80.8 Å². The van der Waals surface area contributed by atoms with Crippen molar-refractivity contribution < 1.29 is 14.7 Å². The van der Waals surface area contributed by atoms with Crippen molar-refractivity contribution in [3.8, 4) is 5.82 Å². The van der Waals surface area contributed by atoms with E-state index in [1.54, 1.807) is 5.38 Å². The normalized spacial score (nSPS) is 13.5. The number of hydrogen-bond acceptors (Lipinski definition) is 9. The Balaban J connectivity index is 1.32. The number of nitrogens with one attached hydrogen (secondary N) is 3. The molecule has 5 aromatic rings. The molecule has 13 heteroatoms. The minimum atomic E-state index is -1.02. The van der Waals surface area contributed by atoms with Crippen LogP contribution >= 0.6 is 11.3 Å². The number of aromatic nitrogens is 5. The number of aromatic amines is 1. The zero-order valence-electron chi connectivity index (χ0n) is 25.8. The Bertz CT molecular complexity index is 2160. The van der Waals surface area contributed by atoms with E-state index in [0.717, 1.165) is 39.2 Å². The number of H-pyrrole nitrogens is 1. The van der Waals surface area contributed by atoms with Crippen molar-refractivity contribution in [3.63, 3.8) is 0 Å². The summed E-state index contributed by atoms with van der Waals surface area (Å²) in [5.41, 5.74) is 5.66. The first-order valence-corrected chi connectivity index (χ1v) is 15.8. The molecule has 0 saturated heterocycles. The molecular weight excluding hydrogens is 618 g/mol. The van der Waals surface area contributed by atoms with Gasteiger partial charge in [-0.05, 0) is 40.7 Å². The highest BCUT2D eigenvalue weighted by atomic mass is 32.1. The number of aryl methyl sites for hydroxylation is 1. The molecule has 1 atom stereocenters. The molecule has 12 nitrogen and oxygen atoms in total. The van der Waals surface area contributed by atoms with Crippen molar-refractivity contribution in [2.45, 2.75) is 39.0 Å². The number of rotatable bonds is 9. The molecule has 1 aliphatic rings. The molecule has 0 radical (unpaired) electrons. The standard InChI is InChI=1S/C34H31N7O5S/c1-18(2)20-7-9-25-22(13-20)6-5-21-12-19(3)4-8-24(21)30(25)26-16-41(34(46)40-31(26)45)27-10-11-35-32(38-27)36-15-28(42)39-33-37-23(17-47-33)14-29(43)44/h4-13,16-18,30H,14-15H2,1-3H3,(H,43,44)(H,35,36,38)(H,37,39,42)(H,40,45,46). The Morgan fingerprint density at radius 1 is 1.02 bits per heavy atom. The van der Waals surface area contributed by atoms with Gasteiger partial charge in [0.15, 0.2) is 5.13 Å². The van der Waals surface area contributed by atoms with Gasteiger partial charge in [-0.1, -0.05) is 68.0 Å². The van der Waals surface area contributed by atoms with Gasteiger partial charge >= 0.3 is 11.7 Å². The number of anilines is 2. The highest BCUT2D eigenvalue weighted by Gasteiger charge is 2.27. The zero-order valence-corrected chi connectivity index (χ0v) is 26.6. The van der Waals surface area contributed by atoms with Crippen molar-refractivity contribution in [2.75, 3.05) is 17.2 Å². The summed E-state index contributed by atoms with van der Waals surface area (Å²) in [6.45, 7) is 6.07. The number of amides is 1. The SMILES string of the molecule is Cc1ccc2c(c1)C=Cc1cc(C(C)C)ccc1C2c1cn(-c2ccnc(NCC(=O)Nc3nc(CC(=O)O)cs3)n2)c(=O)[nH]c1=O. The van der Waals surface area contributed by atoms with Crippen LogP contribution in [0.1, 0.15) is 70.3 Å². The summed E-state index contributed by atoms with van der Waals surface area (Å²) >= 11 is 1.12. The third kappa shape index (κ3) is 6.79. The van der Waals surface area contributed by atoms with E-state index in [9.17, 15) is 19.2 Å². The van der Waals surface area contributed by atoms with E-state index in [-0.39, 0.29) is 29.9 Å². The van der Waals surface area contributed by atoms with E-state index < -0.39 is 29.0 Å². The van der Waals surface area contributed by atoms with Gasteiger partial charge in [0.25, 0.3) is 5.56 Å². The van der Waals surface area contributed by atoms with Crippen LogP contribution in [0.5, 0.6) is 0 Å². The molecule has 3 heterocycles. The smallest absolute Gasteiger partial charge is 0.334 e. The fourth-order valence-corrected chi connectivity index (χ4v) is 6.22. The van der Waals surface area contributed by atoms with E-state index in [4.69, 9.17) is 5.11 Å². The van der Waals surface area contributed by atoms with Gasteiger partial charge in [0.2, 0.25) is 11.9 Å². The number of carboxylic acids is 1. The molecule has 2 aromatic carbocycles. The van der Waals surface area contributed by atoms with Crippen molar-refractivity contribution in [3.05, 3.63) is 126 Å². The van der Waals surface area contributed by atoms with E-state index >= 15 is 0 Å². The second-order valence-electron chi connectivity index (χ2n) is 11.5. The first kappa shape index (κ1) is 31.3. The summed E-state index contributed by atoms with van der Waals surface area (Å²) in [5.74, 6) is -1.35. The predicted molar refractivity (Wildman–Crippen MR) is 180 cm³/mol.